The number of aromatic nitrogens is 2. The van der Waals surface area contributed by atoms with E-state index in [1.165, 1.54) is 0 Å². The van der Waals surface area contributed by atoms with E-state index in [-0.39, 0.29) is 0 Å². The van der Waals surface area contributed by atoms with E-state index in [9.17, 15) is 0 Å². The predicted octanol–water partition coefficient (Wildman–Crippen LogP) is 2.65. The van der Waals surface area contributed by atoms with Crippen LogP contribution in [0.1, 0.15) is 5.69 Å². The monoisotopic (exact) mass is 205 g/mol. The lowest BCUT2D eigenvalue weighted by Gasteiger charge is -2.01. The van der Waals surface area contributed by atoms with Crippen LogP contribution in [0.15, 0.2) is 42.6 Å². The standard InChI is InChI=1S/C13H7N3/c14-7-9-5-6-11-10-3-1-2-4-12(10)15-8-13(11)16-9/h1-6,8H. The van der Waals surface area contributed by atoms with E-state index in [4.69, 9.17) is 5.26 Å². The van der Waals surface area contributed by atoms with Gasteiger partial charge in [-0.3, -0.25) is 4.98 Å². The molecule has 0 bridgehead atoms. The summed E-state index contributed by atoms with van der Waals surface area (Å²) in [5.74, 6) is 0. The van der Waals surface area contributed by atoms with Crippen LogP contribution in [0.2, 0.25) is 0 Å². The SMILES string of the molecule is N#Cc1ccc2c(cnc3ccccc32)n1. The highest BCUT2D eigenvalue weighted by Crippen LogP contribution is 2.21. The summed E-state index contributed by atoms with van der Waals surface area (Å²) in [5.41, 5.74) is 2.13. The van der Waals surface area contributed by atoms with Crippen molar-refractivity contribution in [3.05, 3.63) is 48.3 Å². The Kier molecular flexibility index (Phi) is 1.81. The van der Waals surface area contributed by atoms with Crippen molar-refractivity contribution in [2.24, 2.45) is 0 Å². The Morgan fingerprint density at radius 1 is 0.938 bits per heavy atom. The van der Waals surface area contributed by atoms with Crippen molar-refractivity contribution in [2.75, 3.05) is 0 Å². The number of para-hydroxylation sites is 1. The lowest BCUT2D eigenvalue weighted by Crippen LogP contribution is -1.87. The number of nitriles is 1. The first kappa shape index (κ1) is 8.81. The van der Waals surface area contributed by atoms with Crippen LogP contribution in [-0.2, 0) is 0 Å². The zero-order valence-electron chi connectivity index (χ0n) is 8.38. The van der Waals surface area contributed by atoms with Crippen molar-refractivity contribution in [3.63, 3.8) is 0 Å². The normalized spacial score (nSPS) is 10.4. The molecule has 1 aromatic carbocycles. The van der Waals surface area contributed by atoms with Crippen LogP contribution in [0, 0.1) is 11.3 Å². The van der Waals surface area contributed by atoms with Gasteiger partial charge in [-0.15, -0.1) is 0 Å². The van der Waals surface area contributed by atoms with Gasteiger partial charge in [0.15, 0.2) is 0 Å². The highest BCUT2D eigenvalue weighted by Gasteiger charge is 2.02. The van der Waals surface area contributed by atoms with E-state index in [0.717, 1.165) is 21.8 Å². The molecule has 2 aromatic heterocycles. The Balaban J connectivity index is 2.49. The third-order valence-corrected chi connectivity index (χ3v) is 2.56. The van der Waals surface area contributed by atoms with Gasteiger partial charge < -0.3 is 0 Å². The average Bonchev–Trinajstić information content (AvgIpc) is 2.38. The second-order valence-electron chi connectivity index (χ2n) is 3.52. The van der Waals surface area contributed by atoms with Crippen molar-refractivity contribution >= 4 is 21.8 Å². The van der Waals surface area contributed by atoms with Crippen molar-refractivity contribution in [1.82, 2.24) is 9.97 Å². The topological polar surface area (TPSA) is 49.6 Å². The molecule has 2 heterocycles. The summed E-state index contributed by atoms with van der Waals surface area (Å²) in [6.45, 7) is 0. The van der Waals surface area contributed by atoms with Crippen LogP contribution in [0.25, 0.3) is 21.8 Å². The van der Waals surface area contributed by atoms with Gasteiger partial charge in [-0.05, 0) is 18.2 Å². The second-order valence-corrected chi connectivity index (χ2v) is 3.52. The second kappa shape index (κ2) is 3.28. The zero-order valence-corrected chi connectivity index (χ0v) is 8.38. The molecule has 74 valence electrons. The Morgan fingerprint density at radius 3 is 2.62 bits per heavy atom. The van der Waals surface area contributed by atoms with Crippen molar-refractivity contribution in [1.29, 1.82) is 5.26 Å². The fraction of sp³-hybridized carbons (Fsp3) is 0. The molecule has 3 rings (SSSR count). The van der Waals surface area contributed by atoms with Gasteiger partial charge in [0, 0.05) is 10.8 Å². The minimum atomic E-state index is 0.421. The van der Waals surface area contributed by atoms with E-state index in [1.807, 2.05) is 36.4 Å². The number of fused-ring (bicyclic) bond motifs is 3. The Bertz CT molecular complexity index is 726. The van der Waals surface area contributed by atoms with Crippen LogP contribution in [0.4, 0.5) is 0 Å². The molecular weight excluding hydrogens is 198 g/mol. The Labute approximate surface area is 92.0 Å². The number of benzene rings is 1. The molecule has 0 spiro atoms. The summed E-state index contributed by atoms with van der Waals surface area (Å²) in [4.78, 5) is 8.53. The Hall–Kier alpha value is -2.47. The highest BCUT2D eigenvalue weighted by atomic mass is 14.7. The number of hydrogen-bond acceptors (Lipinski definition) is 3. The molecule has 0 radical (unpaired) electrons. The Morgan fingerprint density at radius 2 is 1.75 bits per heavy atom. The maximum atomic E-state index is 8.78. The summed E-state index contributed by atoms with van der Waals surface area (Å²) >= 11 is 0. The fourth-order valence-corrected chi connectivity index (χ4v) is 1.81. The number of nitrogens with zero attached hydrogens (tertiary/aromatic N) is 3. The molecule has 0 aliphatic carbocycles. The van der Waals surface area contributed by atoms with Crippen molar-refractivity contribution in [2.45, 2.75) is 0 Å². The molecule has 0 fully saturated rings. The third kappa shape index (κ3) is 1.21. The van der Waals surface area contributed by atoms with Gasteiger partial charge >= 0.3 is 0 Å². The first-order chi connectivity index (χ1) is 7.88. The van der Waals surface area contributed by atoms with E-state index in [0.29, 0.717) is 5.69 Å². The lowest BCUT2D eigenvalue weighted by molar-refractivity contribution is 1.30. The summed E-state index contributed by atoms with van der Waals surface area (Å²) in [6, 6.07) is 13.6. The van der Waals surface area contributed by atoms with E-state index in [1.54, 1.807) is 12.3 Å². The molecule has 0 saturated heterocycles. The maximum absolute atomic E-state index is 8.78. The van der Waals surface area contributed by atoms with Gasteiger partial charge in [0.1, 0.15) is 11.8 Å². The molecule has 0 atom stereocenters. The van der Waals surface area contributed by atoms with Crippen LogP contribution in [-0.4, -0.2) is 9.97 Å². The van der Waals surface area contributed by atoms with Gasteiger partial charge in [0.05, 0.1) is 17.2 Å². The lowest BCUT2D eigenvalue weighted by atomic mass is 10.1. The van der Waals surface area contributed by atoms with Crippen LogP contribution in [0.3, 0.4) is 0 Å². The molecule has 16 heavy (non-hydrogen) atoms. The molecular formula is C13H7N3. The van der Waals surface area contributed by atoms with E-state index in [2.05, 4.69) is 9.97 Å². The highest BCUT2D eigenvalue weighted by molar-refractivity contribution is 6.03. The minimum absolute atomic E-state index is 0.421. The third-order valence-electron chi connectivity index (χ3n) is 2.56. The molecule has 0 saturated carbocycles. The summed E-state index contributed by atoms with van der Waals surface area (Å²) in [7, 11) is 0. The van der Waals surface area contributed by atoms with Gasteiger partial charge in [-0.25, -0.2) is 4.98 Å². The van der Waals surface area contributed by atoms with Crippen LogP contribution in [0.5, 0.6) is 0 Å². The summed E-state index contributed by atoms with van der Waals surface area (Å²) in [6.07, 6.45) is 1.71. The van der Waals surface area contributed by atoms with Crippen molar-refractivity contribution in [3.8, 4) is 6.07 Å². The van der Waals surface area contributed by atoms with Gasteiger partial charge in [-0.1, -0.05) is 18.2 Å². The maximum Gasteiger partial charge on any atom is 0.141 e. The first-order valence-electron chi connectivity index (χ1n) is 4.93. The first-order valence-corrected chi connectivity index (χ1v) is 4.93. The molecule has 0 aliphatic rings. The molecule has 3 heteroatoms. The molecule has 0 aliphatic heterocycles. The predicted molar refractivity (Wildman–Crippen MR) is 61.8 cm³/mol. The molecule has 3 nitrogen and oxygen atoms in total. The molecule has 0 unspecified atom stereocenters. The van der Waals surface area contributed by atoms with Crippen molar-refractivity contribution < 1.29 is 0 Å². The fourth-order valence-electron chi connectivity index (χ4n) is 1.81. The smallest absolute Gasteiger partial charge is 0.141 e. The van der Waals surface area contributed by atoms with Gasteiger partial charge in [0.2, 0.25) is 0 Å². The average molecular weight is 205 g/mol. The molecule has 3 aromatic rings. The van der Waals surface area contributed by atoms with Crippen LogP contribution >= 0.6 is 0 Å². The van der Waals surface area contributed by atoms with Gasteiger partial charge in [0.25, 0.3) is 0 Å². The van der Waals surface area contributed by atoms with Gasteiger partial charge in [-0.2, -0.15) is 5.26 Å². The quantitative estimate of drug-likeness (QED) is 0.530. The number of rotatable bonds is 0. The number of hydrogen-bond donors (Lipinski definition) is 0. The van der Waals surface area contributed by atoms with E-state index >= 15 is 0 Å². The summed E-state index contributed by atoms with van der Waals surface area (Å²) in [5, 5.41) is 10.9. The molecule has 0 N–H and O–H groups in total. The number of pyridine rings is 2. The summed E-state index contributed by atoms with van der Waals surface area (Å²) < 4.78 is 0. The largest absolute Gasteiger partial charge is 0.254 e. The molecule has 0 amide bonds. The minimum Gasteiger partial charge on any atom is -0.254 e. The van der Waals surface area contributed by atoms with E-state index < -0.39 is 0 Å². The van der Waals surface area contributed by atoms with Crippen LogP contribution < -0.4 is 0 Å². The zero-order chi connectivity index (χ0) is 11.0.